The molecule has 3 aromatic rings. The maximum absolute atomic E-state index is 15.9. The van der Waals surface area contributed by atoms with Crippen molar-refractivity contribution in [1.29, 1.82) is 0 Å². The van der Waals surface area contributed by atoms with Gasteiger partial charge in [-0.1, -0.05) is 92.7 Å². The van der Waals surface area contributed by atoms with E-state index < -0.39 is 100 Å². The van der Waals surface area contributed by atoms with Crippen LogP contribution >= 0.6 is 0 Å². The van der Waals surface area contributed by atoms with Gasteiger partial charge in [-0.25, -0.2) is 4.79 Å². The maximum Gasteiger partial charge on any atom is 0.338 e. The largest absolute Gasteiger partial charge is 0.456 e. The summed E-state index contributed by atoms with van der Waals surface area (Å²) in [6, 6.07) is 24.6. The zero-order chi connectivity index (χ0) is 46.2. The van der Waals surface area contributed by atoms with Gasteiger partial charge in [0, 0.05) is 50.7 Å². The summed E-state index contributed by atoms with van der Waals surface area (Å²) in [5.41, 5.74) is -5.06. The molecule has 1 amide bonds. The van der Waals surface area contributed by atoms with Crippen molar-refractivity contribution in [2.75, 3.05) is 20.5 Å². The first-order valence-electron chi connectivity index (χ1n) is 21.4. The number of benzene rings is 3. The van der Waals surface area contributed by atoms with Crippen LogP contribution in [-0.4, -0.2) is 108 Å². The average molecular weight is 884 g/mol. The van der Waals surface area contributed by atoms with Crippen molar-refractivity contribution >= 4 is 29.6 Å². The number of carbonyl (C=O) groups excluding carboxylic acids is 5. The summed E-state index contributed by atoms with van der Waals surface area (Å²) < 4.78 is 43.2. The monoisotopic (exact) mass is 883 g/mol. The van der Waals surface area contributed by atoms with Gasteiger partial charge in [0.1, 0.15) is 24.6 Å². The number of ether oxygens (including phenoxy) is 7. The second kappa shape index (κ2) is 18.3. The Hall–Kier alpha value is -5.29. The number of aliphatic hydroxyl groups excluding tert-OH is 1. The molecule has 15 nitrogen and oxygen atoms in total. The highest BCUT2D eigenvalue weighted by molar-refractivity contribution is 5.96. The molecule has 2 unspecified atom stereocenters. The first kappa shape index (κ1) is 46.7. The van der Waals surface area contributed by atoms with Crippen LogP contribution in [0.1, 0.15) is 81.9 Å². The lowest BCUT2D eigenvalue weighted by molar-refractivity contribution is -0.357. The van der Waals surface area contributed by atoms with Gasteiger partial charge >= 0.3 is 17.9 Å². The summed E-state index contributed by atoms with van der Waals surface area (Å²) in [7, 11) is 1.43. The highest BCUT2D eigenvalue weighted by atomic mass is 16.7. The molecule has 1 saturated heterocycles. The fourth-order valence-corrected chi connectivity index (χ4v) is 10.6. The molecule has 0 radical (unpaired) electrons. The fraction of sp³-hybridized carbons (Fsp3) is 0.490. The van der Waals surface area contributed by atoms with Gasteiger partial charge in [-0.3, -0.25) is 19.2 Å². The summed E-state index contributed by atoms with van der Waals surface area (Å²) in [6.45, 7) is 8.58. The number of aliphatic hydroxyl groups is 2. The minimum atomic E-state index is -2.13. The lowest BCUT2D eigenvalue weighted by Gasteiger charge is -2.68. The topological polar surface area (TPSA) is 202 Å². The number of nitrogens with one attached hydrogen (secondary N) is 1. The van der Waals surface area contributed by atoms with Crippen molar-refractivity contribution in [3.05, 3.63) is 119 Å². The van der Waals surface area contributed by atoms with Gasteiger partial charge in [0.25, 0.3) is 5.91 Å². The number of Topliss-reactive ketones (excluding diaryl/α,β-unsaturated/α-hetero) is 1. The predicted octanol–water partition coefficient (Wildman–Crippen LogP) is 4.72. The number of rotatable bonds is 14. The number of methoxy groups -OCH3 is 1. The Balaban J connectivity index is 1.39. The van der Waals surface area contributed by atoms with E-state index in [2.05, 4.69) is 5.32 Å². The number of hydrogen-bond acceptors (Lipinski definition) is 14. The highest BCUT2D eigenvalue weighted by Gasteiger charge is 2.78. The lowest BCUT2D eigenvalue weighted by atomic mass is 9.44. The molecule has 2 saturated carbocycles. The molecular formula is C49H57NO14. The summed E-state index contributed by atoms with van der Waals surface area (Å²) >= 11 is 0. The summed E-state index contributed by atoms with van der Waals surface area (Å²) in [5, 5.41) is 28.5. The molecule has 0 aromatic heterocycles. The number of amides is 1. The van der Waals surface area contributed by atoms with Crippen molar-refractivity contribution in [3.8, 4) is 0 Å². The molecule has 3 N–H and O–H groups in total. The summed E-state index contributed by atoms with van der Waals surface area (Å²) in [4.78, 5) is 70.1. The highest BCUT2D eigenvalue weighted by Crippen LogP contribution is 2.65. The third kappa shape index (κ3) is 8.18. The Morgan fingerprint density at radius 1 is 0.875 bits per heavy atom. The molecule has 342 valence electrons. The Kier molecular flexibility index (Phi) is 13.4. The van der Waals surface area contributed by atoms with Crippen molar-refractivity contribution in [3.63, 3.8) is 0 Å². The normalized spacial score (nSPS) is 31.4. The van der Waals surface area contributed by atoms with E-state index in [1.54, 1.807) is 88.4 Å². The van der Waals surface area contributed by atoms with Crippen LogP contribution in [0.4, 0.5) is 0 Å². The molecule has 11 atom stereocenters. The second-order valence-corrected chi connectivity index (χ2v) is 17.9. The van der Waals surface area contributed by atoms with E-state index in [1.807, 2.05) is 30.3 Å². The SMILES string of the molecule is COCO[C@H]1C[C@H]2OC[C@@]2(OC(C)=O)C2[C@H](OCc3ccccc3)[C@]3(O)CC(OC(=O)[C@H](O)[C@@H](NC(=O)c4ccccc4)c4ccccc4)C(C)=C([C@@H](OC(C)=O)C(=O)[C@@]21C)C3(C)C. The van der Waals surface area contributed by atoms with Gasteiger partial charge in [-0.05, 0) is 48.3 Å². The van der Waals surface area contributed by atoms with Crippen molar-refractivity contribution in [1.82, 2.24) is 5.32 Å². The van der Waals surface area contributed by atoms with Crippen molar-refractivity contribution in [2.24, 2.45) is 16.7 Å². The van der Waals surface area contributed by atoms with Gasteiger partial charge in [-0.15, -0.1) is 0 Å². The number of esters is 3. The van der Waals surface area contributed by atoms with Crippen LogP contribution in [-0.2, 0) is 58.9 Å². The van der Waals surface area contributed by atoms with E-state index in [0.717, 1.165) is 12.5 Å². The van der Waals surface area contributed by atoms with Crippen molar-refractivity contribution < 1.29 is 67.3 Å². The first-order chi connectivity index (χ1) is 30.4. The van der Waals surface area contributed by atoms with Crippen LogP contribution in [0.15, 0.2) is 102 Å². The van der Waals surface area contributed by atoms with Crippen LogP contribution in [0.3, 0.4) is 0 Å². The number of hydrogen-bond donors (Lipinski definition) is 3. The maximum atomic E-state index is 15.9. The van der Waals surface area contributed by atoms with Crippen LogP contribution < -0.4 is 5.32 Å². The molecule has 1 heterocycles. The first-order valence-corrected chi connectivity index (χ1v) is 21.4. The minimum absolute atomic E-state index is 0.0644. The molecule has 64 heavy (non-hydrogen) atoms. The second-order valence-electron chi connectivity index (χ2n) is 17.9. The van der Waals surface area contributed by atoms with E-state index in [1.165, 1.54) is 14.0 Å². The van der Waals surface area contributed by atoms with Gasteiger partial charge in [-0.2, -0.15) is 0 Å². The Labute approximate surface area is 372 Å². The third-order valence-corrected chi connectivity index (χ3v) is 13.9. The van der Waals surface area contributed by atoms with Crippen LogP contribution in [0, 0.1) is 16.7 Å². The number of ketones is 1. The van der Waals surface area contributed by atoms with E-state index in [-0.39, 0.29) is 44.0 Å². The summed E-state index contributed by atoms with van der Waals surface area (Å²) in [5.74, 6) is -5.06. The molecule has 3 aromatic carbocycles. The smallest absolute Gasteiger partial charge is 0.338 e. The predicted molar refractivity (Wildman–Crippen MR) is 228 cm³/mol. The zero-order valence-electron chi connectivity index (χ0n) is 37.1. The third-order valence-electron chi connectivity index (χ3n) is 13.9. The zero-order valence-corrected chi connectivity index (χ0v) is 37.1. The molecule has 1 aliphatic heterocycles. The van der Waals surface area contributed by atoms with Crippen LogP contribution in [0.5, 0.6) is 0 Å². The van der Waals surface area contributed by atoms with E-state index in [4.69, 9.17) is 33.2 Å². The molecule has 15 heteroatoms. The fourth-order valence-electron chi connectivity index (χ4n) is 10.6. The van der Waals surface area contributed by atoms with Gasteiger partial charge in [0.2, 0.25) is 0 Å². The van der Waals surface area contributed by atoms with Gasteiger partial charge in [0.05, 0.1) is 36.9 Å². The minimum Gasteiger partial charge on any atom is -0.456 e. The molecule has 3 fully saturated rings. The Bertz CT molecular complexity index is 2250. The standard InChI is InChI=1S/C49H57NO14/c1-28-34(63-45(56)39(53)38(32-19-13-9-14-20-32)50-44(55)33-21-15-10-16-22-33)24-49(57)43(59-25-31-17-11-8-12-18-31)41-47(6,42(54)40(62-29(2)51)37(28)46(49,4)5)35(61-27-58-7)23-36-48(41,26-60-36)64-30(3)52/h8-22,34-36,38-41,43,53,57H,23-27H2,1-7H3,(H,50,55)/t34?,35-,36+,38-,39+,40+,41?,43-,47+,48-,49+/m0/s1. The average Bonchev–Trinajstić information content (AvgIpc) is 3.26. The van der Waals surface area contributed by atoms with E-state index in [0.29, 0.717) is 11.1 Å². The quantitative estimate of drug-likeness (QED) is 0.0869. The number of carbonyl (C=O) groups is 5. The number of fused-ring (bicyclic) bond motifs is 5. The lowest BCUT2D eigenvalue weighted by Crippen LogP contribution is -2.82. The van der Waals surface area contributed by atoms with Gasteiger partial charge in [0.15, 0.2) is 23.6 Å². The molecule has 2 bridgehead atoms. The van der Waals surface area contributed by atoms with Crippen LogP contribution in [0.2, 0.25) is 0 Å². The van der Waals surface area contributed by atoms with Crippen LogP contribution in [0.25, 0.3) is 0 Å². The molecule has 0 spiro atoms. The molecular weight excluding hydrogens is 827 g/mol. The molecule has 3 aliphatic carbocycles. The van der Waals surface area contributed by atoms with E-state index in [9.17, 15) is 29.4 Å². The summed E-state index contributed by atoms with van der Waals surface area (Å²) in [6.07, 6.45) is -8.56. The van der Waals surface area contributed by atoms with E-state index >= 15 is 4.79 Å². The van der Waals surface area contributed by atoms with Gasteiger partial charge < -0.3 is 48.7 Å². The molecule has 4 aliphatic rings. The molecule has 7 rings (SSSR count). The van der Waals surface area contributed by atoms with Crippen molar-refractivity contribution in [2.45, 2.75) is 115 Å². The Morgan fingerprint density at radius 2 is 1.50 bits per heavy atom. The Morgan fingerprint density at radius 3 is 2.08 bits per heavy atom.